The fourth-order valence-electron chi connectivity index (χ4n) is 6.60. The minimum Gasteiger partial charge on any atom is -0.465 e. The molecule has 56 heavy (non-hydrogen) atoms. The van der Waals surface area contributed by atoms with E-state index in [2.05, 4.69) is 27.0 Å². The number of anilines is 1. The third kappa shape index (κ3) is 12.2. The molecule has 0 bridgehead atoms. The summed E-state index contributed by atoms with van der Waals surface area (Å²) in [6.07, 6.45) is 9.98. The Morgan fingerprint density at radius 1 is 1.02 bits per heavy atom. The highest BCUT2D eigenvalue weighted by Crippen LogP contribution is 2.48. The number of carbonyl (C=O) groups excluding carboxylic acids is 1. The minimum absolute atomic E-state index is 0.0206. The van der Waals surface area contributed by atoms with Gasteiger partial charge in [0.2, 0.25) is 0 Å². The lowest BCUT2D eigenvalue weighted by molar-refractivity contribution is -0.146. The Balaban J connectivity index is 1.27. The molecule has 0 aliphatic carbocycles. The van der Waals surface area contributed by atoms with Gasteiger partial charge in [0.15, 0.2) is 17.0 Å². The van der Waals surface area contributed by atoms with Crippen LogP contribution in [0.1, 0.15) is 103 Å². The van der Waals surface area contributed by atoms with Crippen molar-refractivity contribution in [2.24, 2.45) is 0 Å². The molecule has 5 atom stereocenters. The second-order valence-corrected chi connectivity index (χ2v) is 16.1. The first-order valence-electron chi connectivity index (χ1n) is 19.3. The molecule has 5 rings (SSSR count). The minimum atomic E-state index is -4.57. The molecule has 0 amide bonds. The molecule has 0 radical (unpaired) electrons. The number of para-hydroxylation sites is 1. The fourth-order valence-corrected chi connectivity index (χ4v) is 8.18. The van der Waals surface area contributed by atoms with Crippen LogP contribution in [0.15, 0.2) is 54.9 Å². The molecule has 1 saturated heterocycles. The van der Waals surface area contributed by atoms with Crippen molar-refractivity contribution in [1.82, 2.24) is 24.6 Å². The molecule has 0 spiro atoms. The van der Waals surface area contributed by atoms with Crippen molar-refractivity contribution in [3.8, 4) is 5.75 Å². The van der Waals surface area contributed by atoms with Gasteiger partial charge in [-0.2, -0.15) is 19.4 Å². The third-order valence-corrected chi connectivity index (χ3v) is 11.3. The molecule has 13 nitrogen and oxygen atoms in total. The molecule has 0 unspecified atom stereocenters. The van der Waals surface area contributed by atoms with Crippen LogP contribution in [-0.4, -0.2) is 61.6 Å². The Bertz CT molecular complexity index is 1900. The zero-order valence-electron chi connectivity index (χ0n) is 31.9. The summed E-state index contributed by atoms with van der Waals surface area (Å²) in [6.45, 7) is 3.27. The molecular formula is C39H52F3N6O7P. The smallest absolute Gasteiger partial charge is 0.459 e. The van der Waals surface area contributed by atoms with Crippen molar-refractivity contribution in [3.63, 3.8) is 0 Å². The molecule has 306 valence electrons. The van der Waals surface area contributed by atoms with Gasteiger partial charge in [-0.15, -0.1) is 0 Å². The van der Waals surface area contributed by atoms with E-state index in [1.807, 2.05) is 0 Å². The molecule has 1 fully saturated rings. The number of rotatable bonds is 23. The number of nitrogens with one attached hydrogen (secondary N) is 1. The monoisotopic (exact) mass is 804 g/mol. The number of aromatic nitrogens is 4. The van der Waals surface area contributed by atoms with Gasteiger partial charge in [0.1, 0.15) is 35.3 Å². The molecule has 17 heteroatoms. The van der Waals surface area contributed by atoms with Gasteiger partial charge >= 0.3 is 19.8 Å². The van der Waals surface area contributed by atoms with Gasteiger partial charge < -0.3 is 24.8 Å². The van der Waals surface area contributed by atoms with Gasteiger partial charge in [-0.1, -0.05) is 89.3 Å². The Kier molecular flexibility index (Phi) is 15.7. The van der Waals surface area contributed by atoms with Crippen LogP contribution >= 0.6 is 7.75 Å². The number of hydrogen-bond acceptors (Lipinski definition) is 11. The molecule has 2 aromatic carbocycles. The predicted molar refractivity (Wildman–Crippen MR) is 204 cm³/mol. The van der Waals surface area contributed by atoms with Crippen LogP contribution in [0.2, 0.25) is 0 Å². The number of aliphatic hydroxyl groups excluding tert-OH is 1. The first kappa shape index (κ1) is 43.1. The topological polar surface area (TPSA) is 173 Å². The van der Waals surface area contributed by atoms with E-state index in [-0.39, 0.29) is 47.7 Å². The average Bonchev–Trinajstić information content (AvgIpc) is 3.71. The number of unbranched alkanes of at least 4 members (excludes halogenated alkanes) is 10. The van der Waals surface area contributed by atoms with Crippen LogP contribution in [0.4, 0.5) is 19.0 Å². The lowest BCUT2D eigenvalue weighted by atomic mass is 10.0. The number of carbonyl (C=O) groups is 1. The van der Waals surface area contributed by atoms with E-state index in [0.717, 1.165) is 37.8 Å². The second-order valence-electron chi connectivity index (χ2n) is 14.4. The summed E-state index contributed by atoms with van der Waals surface area (Å²) in [5, 5.41) is 13.8. The van der Waals surface area contributed by atoms with E-state index in [0.29, 0.717) is 12.5 Å². The van der Waals surface area contributed by atoms with Gasteiger partial charge in [-0.3, -0.25) is 13.9 Å². The normalized spacial score (nSPS) is 19.9. The van der Waals surface area contributed by atoms with E-state index < -0.39 is 62.0 Å². The molecule has 3 heterocycles. The Hall–Kier alpha value is -4.08. The molecule has 1 aliphatic rings. The molecule has 0 saturated carbocycles. The Morgan fingerprint density at radius 3 is 2.32 bits per heavy atom. The summed E-state index contributed by atoms with van der Waals surface area (Å²) in [5.41, 5.74) is 4.56. The number of halogens is 3. The number of nitrogens with zero attached hydrogens (tertiary/aromatic N) is 4. The molecule has 2 aromatic heterocycles. The number of aliphatic hydroxyl groups is 1. The quantitative estimate of drug-likeness (QED) is 0.0285. The van der Waals surface area contributed by atoms with E-state index in [1.165, 1.54) is 68.5 Å². The van der Waals surface area contributed by atoms with Crippen molar-refractivity contribution in [3.05, 3.63) is 78.1 Å². The molecule has 4 N–H and O–H groups in total. The van der Waals surface area contributed by atoms with Gasteiger partial charge in [0, 0.05) is 12.5 Å². The number of imidazole rings is 1. The number of ether oxygens (including phenoxy) is 2. The predicted octanol–water partition coefficient (Wildman–Crippen LogP) is 8.12. The van der Waals surface area contributed by atoms with E-state index in [1.54, 1.807) is 18.2 Å². The number of nitrogens with two attached hydrogens (primary N) is 1. The summed E-state index contributed by atoms with van der Waals surface area (Å²) in [7, 11) is -4.57. The van der Waals surface area contributed by atoms with Gasteiger partial charge in [0.25, 0.3) is 0 Å². The lowest BCUT2D eigenvalue weighted by Gasteiger charge is -2.31. The standard InChI is InChI=1S/C39H52F3N6O7P/c1-3-4-5-6-7-8-9-10-11-12-16-19-52-37(50)31(22-27-20-28(40)23-29(41)21-27)47-56(51,55-30-17-14-13-15-18-30)53-25-39(2)32(49)24-33(54-39)48-26-44-34-35(43)45-38(42)46-36(34)48/h13-15,17-18,20-21,23,26,31-33,49H,3-12,16,19,22,24-25H2,1-2H3,(H,47,51)(H2,43,45,46)/t31-,32-,33+,39+,56-/m0/s1. The van der Waals surface area contributed by atoms with Crippen LogP contribution in [0.3, 0.4) is 0 Å². The van der Waals surface area contributed by atoms with Crippen LogP contribution in [0, 0.1) is 17.7 Å². The van der Waals surface area contributed by atoms with Gasteiger partial charge in [-0.05, 0) is 49.6 Å². The summed E-state index contributed by atoms with van der Waals surface area (Å²) >= 11 is 0. The van der Waals surface area contributed by atoms with Crippen LogP contribution < -0.4 is 15.3 Å². The van der Waals surface area contributed by atoms with Crippen molar-refractivity contribution in [1.29, 1.82) is 0 Å². The Morgan fingerprint density at radius 2 is 1.66 bits per heavy atom. The van der Waals surface area contributed by atoms with Crippen LogP contribution in [-0.2, 0) is 29.8 Å². The highest BCUT2D eigenvalue weighted by atomic mass is 31.2. The van der Waals surface area contributed by atoms with Crippen molar-refractivity contribution in [2.75, 3.05) is 18.9 Å². The van der Waals surface area contributed by atoms with Crippen molar-refractivity contribution >= 4 is 30.7 Å². The first-order chi connectivity index (χ1) is 26.9. The Labute approximate surface area is 325 Å². The summed E-state index contributed by atoms with van der Waals surface area (Å²) < 4.78 is 82.1. The lowest BCUT2D eigenvalue weighted by Crippen LogP contribution is -2.43. The number of esters is 1. The maximum Gasteiger partial charge on any atom is 0.459 e. The third-order valence-electron chi connectivity index (χ3n) is 9.71. The first-order valence-corrected chi connectivity index (χ1v) is 20.8. The largest absolute Gasteiger partial charge is 0.465 e. The fraction of sp³-hybridized carbons (Fsp3) is 0.538. The molecule has 4 aromatic rings. The second kappa shape index (κ2) is 20.4. The highest BCUT2D eigenvalue weighted by molar-refractivity contribution is 7.52. The number of benzene rings is 2. The average molecular weight is 805 g/mol. The van der Waals surface area contributed by atoms with E-state index in [4.69, 9.17) is 24.3 Å². The zero-order valence-corrected chi connectivity index (χ0v) is 32.8. The number of hydrogen-bond donors (Lipinski definition) is 3. The highest BCUT2D eigenvalue weighted by Gasteiger charge is 2.48. The van der Waals surface area contributed by atoms with Crippen LogP contribution in [0.5, 0.6) is 5.75 Å². The molecule has 1 aliphatic heterocycles. The summed E-state index contributed by atoms with van der Waals surface area (Å²) in [5.74, 6) is -2.59. The molecular weight excluding hydrogens is 752 g/mol. The maximum atomic E-state index is 14.6. The number of nitrogen functional groups attached to an aromatic ring is 1. The zero-order chi connectivity index (χ0) is 40.1. The summed E-state index contributed by atoms with van der Waals surface area (Å²) in [6, 6.07) is 9.43. The number of fused-ring (bicyclic) bond motifs is 1. The van der Waals surface area contributed by atoms with E-state index >= 15 is 0 Å². The van der Waals surface area contributed by atoms with Crippen molar-refractivity contribution < 1.29 is 46.2 Å². The summed E-state index contributed by atoms with van der Waals surface area (Å²) in [4.78, 5) is 25.0. The maximum absolute atomic E-state index is 14.6. The van der Waals surface area contributed by atoms with Gasteiger partial charge in [0.05, 0.1) is 25.6 Å². The SMILES string of the molecule is CCCCCCCCCCCCCOC(=O)[C@H](Cc1cc(F)cc(F)c1)N[P@](=O)(OC[C@@]1(C)O[C@@H](n2cnc3c(N)nc(F)nc32)C[C@@H]1O)Oc1ccccc1. The van der Waals surface area contributed by atoms with Gasteiger partial charge in [-0.25, -0.2) is 18.3 Å². The van der Waals surface area contributed by atoms with E-state index in [9.17, 15) is 27.6 Å². The van der Waals surface area contributed by atoms with Crippen LogP contribution in [0.25, 0.3) is 11.2 Å². The van der Waals surface area contributed by atoms with Crippen molar-refractivity contribution in [2.45, 2.75) is 121 Å².